The Bertz CT molecular complexity index is 1210. The van der Waals surface area contributed by atoms with Crippen molar-refractivity contribution in [3.63, 3.8) is 0 Å². The number of carboxylic acids is 1. The molecule has 0 radical (unpaired) electrons. The van der Waals surface area contributed by atoms with Gasteiger partial charge in [0.1, 0.15) is 5.75 Å². The highest BCUT2D eigenvalue weighted by Crippen LogP contribution is 2.35. The van der Waals surface area contributed by atoms with Crippen LogP contribution in [0.2, 0.25) is 5.02 Å². The van der Waals surface area contributed by atoms with Crippen molar-refractivity contribution in [3.05, 3.63) is 76.8 Å². The van der Waals surface area contributed by atoms with Gasteiger partial charge in [0.05, 0.1) is 19.8 Å². The van der Waals surface area contributed by atoms with E-state index < -0.39 is 11.6 Å². The third-order valence-electron chi connectivity index (χ3n) is 5.44. The summed E-state index contributed by atoms with van der Waals surface area (Å²) in [6.07, 6.45) is 0.648. The van der Waals surface area contributed by atoms with Crippen LogP contribution in [0.15, 0.2) is 60.7 Å². The second kappa shape index (κ2) is 11.1. The SMILES string of the molecule is COc1cc(-c2ccc(CCNC(=O)c3cc(Cl)ccc3OC)cc2)ccc1OC(C)(C)C(=O)O. The molecule has 184 valence electrons. The van der Waals surface area contributed by atoms with Crippen molar-refractivity contribution in [2.75, 3.05) is 20.8 Å². The Kier molecular flexibility index (Phi) is 8.25. The fourth-order valence-corrected chi connectivity index (χ4v) is 3.56. The van der Waals surface area contributed by atoms with Crippen LogP contribution in [0, 0.1) is 0 Å². The number of ether oxygens (including phenoxy) is 3. The lowest BCUT2D eigenvalue weighted by atomic mass is 10.0. The van der Waals surface area contributed by atoms with Gasteiger partial charge in [-0.2, -0.15) is 0 Å². The first-order valence-electron chi connectivity index (χ1n) is 11.0. The van der Waals surface area contributed by atoms with E-state index in [4.69, 9.17) is 25.8 Å². The van der Waals surface area contributed by atoms with Gasteiger partial charge >= 0.3 is 5.97 Å². The van der Waals surface area contributed by atoms with E-state index in [0.717, 1.165) is 16.7 Å². The number of carboxylic acid groups (broad SMARTS) is 1. The molecular formula is C27H28ClNO6. The van der Waals surface area contributed by atoms with Gasteiger partial charge < -0.3 is 24.6 Å². The molecule has 35 heavy (non-hydrogen) atoms. The second-order valence-electron chi connectivity index (χ2n) is 8.33. The molecule has 3 aromatic rings. The van der Waals surface area contributed by atoms with E-state index in [-0.39, 0.29) is 5.91 Å². The van der Waals surface area contributed by atoms with Gasteiger partial charge in [-0.3, -0.25) is 4.79 Å². The van der Waals surface area contributed by atoms with Crippen LogP contribution in [0.5, 0.6) is 17.2 Å². The predicted molar refractivity (Wildman–Crippen MR) is 135 cm³/mol. The van der Waals surface area contributed by atoms with Gasteiger partial charge in [-0.1, -0.05) is 41.9 Å². The van der Waals surface area contributed by atoms with Gasteiger partial charge in [-0.25, -0.2) is 4.79 Å². The molecule has 2 N–H and O–H groups in total. The van der Waals surface area contributed by atoms with Crippen LogP contribution in [0.3, 0.4) is 0 Å². The van der Waals surface area contributed by atoms with E-state index in [1.807, 2.05) is 30.3 Å². The number of hydrogen-bond donors (Lipinski definition) is 2. The lowest BCUT2D eigenvalue weighted by Gasteiger charge is -2.23. The highest BCUT2D eigenvalue weighted by atomic mass is 35.5. The summed E-state index contributed by atoms with van der Waals surface area (Å²) in [6, 6.07) is 18.2. The Morgan fingerprint density at radius 2 is 1.51 bits per heavy atom. The van der Waals surface area contributed by atoms with E-state index in [1.165, 1.54) is 28.1 Å². The van der Waals surface area contributed by atoms with Crippen LogP contribution in [0.1, 0.15) is 29.8 Å². The fraction of sp³-hybridized carbons (Fsp3) is 0.259. The fourth-order valence-electron chi connectivity index (χ4n) is 3.39. The van der Waals surface area contributed by atoms with Crippen LogP contribution in [0.25, 0.3) is 11.1 Å². The third kappa shape index (κ3) is 6.45. The molecule has 8 heteroatoms. The van der Waals surface area contributed by atoms with Crippen LogP contribution in [0.4, 0.5) is 0 Å². The maximum Gasteiger partial charge on any atom is 0.347 e. The average molecular weight is 498 g/mol. The zero-order valence-corrected chi connectivity index (χ0v) is 20.8. The third-order valence-corrected chi connectivity index (χ3v) is 5.67. The average Bonchev–Trinajstić information content (AvgIpc) is 2.84. The molecule has 0 fully saturated rings. The second-order valence-corrected chi connectivity index (χ2v) is 8.77. The zero-order valence-electron chi connectivity index (χ0n) is 20.1. The summed E-state index contributed by atoms with van der Waals surface area (Å²) in [5.74, 6) is -0.0504. The Morgan fingerprint density at radius 3 is 2.14 bits per heavy atom. The number of nitrogens with one attached hydrogen (secondary N) is 1. The van der Waals surface area contributed by atoms with Crippen molar-refractivity contribution in [1.82, 2.24) is 5.32 Å². The topological polar surface area (TPSA) is 94.1 Å². The minimum absolute atomic E-state index is 0.249. The number of carbonyl (C=O) groups excluding carboxylic acids is 1. The summed E-state index contributed by atoms with van der Waals surface area (Å²) in [4.78, 5) is 23.9. The van der Waals surface area contributed by atoms with Gasteiger partial charge in [0, 0.05) is 11.6 Å². The molecule has 0 atom stereocenters. The number of aliphatic carboxylic acids is 1. The highest BCUT2D eigenvalue weighted by molar-refractivity contribution is 6.31. The van der Waals surface area contributed by atoms with E-state index in [0.29, 0.717) is 40.8 Å². The summed E-state index contributed by atoms with van der Waals surface area (Å²) in [6.45, 7) is 3.41. The maximum absolute atomic E-state index is 12.5. The first-order chi connectivity index (χ1) is 16.6. The maximum atomic E-state index is 12.5. The first-order valence-corrected chi connectivity index (χ1v) is 11.3. The van der Waals surface area contributed by atoms with Crippen LogP contribution in [-0.4, -0.2) is 43.3 Å². The van der Waals surface area contributed by atoms with E-state index in [9.17, 15) is 14.7 Å². The monoisotopic (exact) mass is 497 g/mol. The molecule has 0 saturated carbocycles. The van der Waals surface area contributed by atoms with Gasteiger partial charge in [-0.05, 0) is 67.3 Å². The number of carbonyl (C=O) groups is 2. The Labute approximate surface area is 209 Å². The highest BCUT2D eigenvalue weighted by Gasteiger charge is 2.30. The Balaban J connectivity index is 1.64. The molecule has 3 aromatic carbocycles. The molecule has 0 bridgehead atoms. The van der Waals surface area contributed by atoms with Crippen LogP contribution < -0.4 is 19.5 Å². The quantitative estimate of drug-likeness (QED) is 0.398. The predicted octanol–water partition coefficient (Wildman–Crippen LogP) is 5.24. The van der Waals surface area contributed by atoms with Gasteiger partial charge in [0.2, 0.25) is 0 Å². The number of halogens is 1. The summed E-state index contributed by atoms with van der Waals surface area (Å²) in [5.41, 5.74) is 1.92. The summed E-state index contributed by atoms with van der Waals surface area (Å²) >= 11 is 6.01. The number of hydrogen-bond acceptors (Lipinski definition) is 5. The number of benzene rings is 3. The van der Waals surface area contributed by atoms with Crippen LogP contribution in [-0.2, 0) is 11.2 Å². The molecule has 0 aliphatic heterocycles. The molecule has 0 aromatic heterocycles. The Hall–Kier alpha value is -3.71. The summed E-state index contributed by atoms with van der Waals surface area (Å²) in [5, 5.41) is 12.7. The van der Waals surface area contributed by atoms with Crippen molar-refractivity contribution in [1.29, 1.82) is 0 Å². The molecule has 0 spiro atoms. The lowest BCUT2D eigenvalue weighted by Crippen LogP contribution is -2.37. The molecule has 0 aliphatic rings. The summed E-state index contributed by atoms with van der Waals surface area (Å²) < 4.78 is 16.3. The number of rotatable bonds is 10. The molecule has 7 nitrogen and oxygen atoms in total. The van der Waals surface area contributed by atoms with E-state index in [2.05, 4.69) is 5.32 Å². The smallest absolute Gasteiger partial charge is 0.347 e. The Morgan fingerprint density at radius 1 is 0.886 bits per heavy atom. The normalized spacial score (nSPS) is 11.0. The number of methoxy groups -OCH3 is 2. The minimum atomic E-state index is -1.39. The molecule has 1 amide bonds. The zero-order chi connectivity index (χ0) is 25.6. The molecular weight excluding hydrogens is 470 g/mol. The summed E-state index contributed by atoms with van der Waals surface area (Å²) in [7, 11) is 3.02. The molecule has 0 saturated heterocycles. The first kappa shape index (κ1) is 25.9. The van der Waals surface area contributed by atoms with E-state index >= 15 is 0 Å². The standard InChI is InChI=1S/C27H28ClNO6/c1-27(2,26(31)32)35-23-11-9-19(15-24(23)34-4)18-7-5-17(6-8-18)13-14-29-25(30)21-16-20(28)10-12-22(21)33-3/h5-12,15-16H,13-14H2,1-4H3,(H,29,30)(H,31,32). The molecule has 0 heterocycles. The minimum Gasteiger partial charge on any atom is -0.496 e. The van der Waals surface area contributed by atoms with Crippen molar-refractivity contribution in [2.45, 2.75) is 25.9 Å². The molecule has 0 unspecified atom stereocenters. The van der Waals surface area contributed by atoms with Crippen LogP contribution >= 0.6 is 11.6 Å². The van der Waals surface area contributed by atoms with Crippen molar-refractivity contribution in [2.24, 2.45) is 0 Å². The van der Waals surface area contributed by atoms with Gasteiger partial charge in [-0.15, -0.1) is 0 Å². The molecule has 3 rings (SSSR count). The van der Waals surface area contributed by atoms with E-state index in [1.54, 1.807) is 30.3 Å². The van der Waals surface area contributed by atoms with Gasteiger partial charge in [0.25, 0.3) is 5.91 Å². The van der Waals surface area contributed by atoms with Crippen molar-refractivity contribution >= 4 is 23.5 Å². The number of amides is 1. The van der Waals surface area contributed by atoms with Crippen molar-refractivity contribution in [3.8, 4) is 28.4 Å². The lowest BCUT2D eigenvalue weighted by molar-refractivity contribution is -0.152. The van der Waals surface area contributed by atoms with Gasteiger partial charge in [0.15, 0.2) is 17.1 Å². The molecule has 0 aliphatic carbocycles. The van der Waals surface area contributed by atoms with Crippen molar-refractivity contribution < 1.29 is 28.9 Å². The largest absolute Gasteiger partial charge is 0.496 e.